The number of hydrogen-bond donors (Lipinski definition) is 0. The first-order valence-corrected chi connectivity index (χ1v) is 8.10. The highest BCUT2D eigenvalue weighted by Gasteiger charge is 2.55. The summed E-state index contributed by atoms with van der Waals surface area (Å²) in [7, 11) is -3.42. The van der Waals surface area contributed by atoms with Gasteiger partial charge in [0.2, 0.25) is 0 Å². The molecule has 0 aromatic carbocycles. The first-order chi connectivity index (χ1) is 8.12. The molecule has 0 amide bonds. The van der Waals surface area contributed by atoms with Crippen LogP contribution in [0.25, 0.3) is 0 Å². The summed E-state index contributed by atoms with van der Waals surface area (Å²) in [5, 5.41) is 0. The Bertz CT molecular complexity index is 416. The molecule has 1 saturated carbocycles. The lowest BCUT2D eigenvalue weighted by Gasteiger charge is -2.28. The Morgan fingerprint density at radius 1 is 1.39 bits per heavy atom. The van der Waals surface area contributed by atoms with Gasteiger partial charge in [-0.15, -0.1) is 0 Å². The third kappa shape index (κ3) is 3.04. The second kappa shape index (κ2) is 4.44. The summed E-state index contributed by atoms with van der Waals surface area (Å²) in [6.45, 7) is 6.95. The van der Waals surface area contributed by atoms with Crippen molar-refractivity contribution in [2.45, 2.75) is 45.5 Å². The summed E-state index contributed by atoms with van der Waals surface area (Å²) in [5.74, 6) is -0.231. The zero-order valence-corrected chi connectivity index (χ0v) is 12.2. The van der Waals surface area contributed by atoms with Gasteiger partial charge >= 0.3 is 0 Å². The van der Waals surface area contributed by atoms with Gasteiger partial charge < -0.3 is 9.47 Å². The molecule has 3 atom stereocenters. The van der Waals surface area contributed by atoms with E-state index in [-0.39, 0.29) is 18.1 Å². The molecule has 0 radical (unpaired) electrons. The van der Waals surface area contributed by atoms with Gasteiger partial charge in [-0.2, -0.15) is 8.42 Å². The summed E-state index contributed by atoms with van der Waals surface area (Å²) in [4.78, 5) is 0. The fourth-order valence-electron chi connectivity index (χ4n) is 3.11. The molecule has 106 valence electrons. The molecule has 1 saturated heterocycles. The van der Waals surface area contributed by atoms with Crippen LogP contribution in [0.1, 0.15) is 33.6 Å². The average molecular weight is 278 g/mol. The molecule has 5 nitrogen and oxygen atoms in total. The number of rotatable bonds is 3. The molecule has 1 aliphatic carbocycles. The van der Waals surface area contributed by atoms with Crippen molar-refractivity contribution in [1.29, 1.82) is 0 Å². The predicted molar refractivity (Wildman–Crippen MR) is 66.5 cm³/mol. The Balaban J connectivity index is 1.96. The molecule has 1 aliphatic heterocycles. The molecule has 2 fully saturated rings. The van der Waals surface area contributed by atoms with E-state index >= 15 is 0 Å². The summed E-state index contributed by atoms with van der Waals surface area (Å²) >= 11 is 0. The van der Waals surface area contributed by atoms with E-state index in [0.29, 0.717) is 12.5 Å². The maximum atomic E-state index is 10.9. The molecular formula is C12H22O5S. The molecule has 1 spiro atoms. The minimum absolute atomic E-state index is 0.0354. The van der Waals surface area contributed by atoms with Crippen molar-refractivity contribution >= 4 is 10.1 Å². The van der Waals surface area contributed by atoms with Gasteiger partial charge in [0.05, 0.1) is 19.5 Å². The Labute approximate surface area is 109 Å². The minimum Gasteiger partial charge on any atom is -0.347 e. The second-order valence-corrected chi connectivity index (χ2v) is 7.94. The zero-order chi connectivity index (χ0) is 13.6. The quantitative estimate of drug-likeness (QED) is 0.733. The van der Waals surface area contributed by atoms with Gasteiger partial charge in [-0.1, -0.05) is 20.8 Å². The Hall–Kier alpha value is -0.170. The van der Waals surface area contributed by atoms with E-state index in [0.717, 1.165) is 19.1 Å². The number of ether oxygens (including phenoxy) is 2. The first-order valence-electron chi connectivity index (χ1n) is 6.28. The van der Waals surface area contributed by atoms with Gasteiger partial charge in [0.1, 0.15) is 6.10 Å². The normalized spacial score (nSPS) is 39.6. The van der Waals surface area contributed by atoms with Crippen molar-refractivity contribution in [3.63, 3.8) is 0 Å². The van der Waals surface area contributed by atoms with Crippen LogP contribution in [0.15, 0.2) is 0 Å². The minimum atomic E-state index is -3.42. The van der Waals surface area contributed by atoms with Gasteiger partial charge in [0.25, 0.3) is 10.1 Å². The highest BCUT2D eigenvalue weighted by molar-refractivity contribution is 7.85. The van der Waals surface area contributed by atoms with E-state index in [1.807, 2.05) is 0 Å². The first kappa shape index (κ1) is 14.2. The molecular weight excluding hydrogens is 256 g/mol. The smallest absolute Gasteiger partial charge is 0.264 e. The van der Waals surface area contributed by atoms with Gasteiger partial charge in [0.15, 0.2) is 5.79 Å². The largest absolute Gasteiger partial charge is 0.347 e. The van der Waals surface area contributed by atoms with Crippen LogP contribution in [0.2, 0.25) is 0 Å². The Morgan fingerprint density at radius 3 is 2.56 bits per heavy atom. The van der Waals surface area contributed by atoms with E-state index in [1.54, 1.807) is 0 Å². The van der Waals surface area contributed by atoms with E-state index in [4.69, 9.17) is 13.7 Å². The van der Waals surface area contributed by atoms with Crippen LogP contribution in [-0.4, -0.2) is 39.8 Å². The van der Waals surface area contributed by atoms with Gasteiger partial charge in [-0.3, -0.25) is 4.18 Å². The van der Waals surface area contributed by atoms with Crippen molar-refractivity contribution in [2.24, 2.45) is 11.3 Å². The van der Waals surface area contributed by atoms with Crippen LogP contribution in [0.3, 0.4) is 0 Å². The predicted octanol–water partition coefficient (Wildman–Crippen LogP) is 1.53. The van der Waals surface area contributed by atoms with Crippen LogP contribution in [0, 0.1) is 11.3 Å². The lowest BCUT2D eigenvalue weighted by Crippen LogP contribution is -2.35. The van der Waals surface area contributed by atoms with E-state index in [9.17, 15) is 8.42 Å². The van der Waals surface area contributed by atoms with E-state index in [1.165, 1.54) is 0 Å². The fourth-order valence-corrected chi connectivity index (χ4v) is 3.51. The highest BCUT2D eigenvalue weighted by Crippen LogP contribution is 2.52. The summed E-state index contributed by atoms with van der Waals surface area (Å²) in [6, 6.07) is 0. The van der Waals surface area contributed by atoms with Gasteiger partial charge in [0, 0.05) is 12.3 Å². The molecule has 0 aromatic rings. The van der Waals surface area contributed by atoms with Crippen LogP contribution in [0.5, 0.6) is 0 Å². The van der Waals surface area contributed by atoms with Gasteiger partial charge in [-0.25, -0.2) is 0 Å². The summed E-state index contributed by atoms with van der Waals surface area (Å²) in [5.41, 5.74) is 0.200. The maximum Gasteiger partial charge on any atom is 0.264 e. The third-order valence-corrected chi connectivity index (χ3v) is 4.25. The van der Waals surface area contributed by atoms with Gasteiger partial charge in [-0.05, 0) is 11.8 Å². The summed E-state index contributed by atoms with van der Waals surface area (Å²) < 4.78 is 38.4. The molecule has 1 heterocycles. The SMILES string of the molecule is CC1CC(C)(C)CC12OCC(COS(C)(=O)=O)O2. The third-order valence-electron chi connectivity index (χ3n) is 3.68. The van der Waals surface area contributed by atoms with E-state index < -0.39 is 15.9 Å². The molecule has 2 rings (SSSR count). The lowest BCUT2D eigenvalue weighted by atomic mass is 9.91. The van der Waals surface area contributed by atoms with Crippen LogP contribution in [0.4, 0.5) is 0 Å². The Morgan fingerprint density at radius 2 is 2.06 bits per heavy atom. The van der Waals surface area contributed by atoms with Crippen LogP contribution < -0.4 is 0 Å². The van der Waals surface area contributed by atoms with Crippen molar-refractivity contribution in [3.8, 4) is 0 Å². The summed E-state index contributed by atoms with van der Waals surface area (Å²) in [6.07, 6.45) is 2.64. The average Bonchev–Trinajstić information content (AvgIpc) is 2.65. The van der Waals surface area contributed by atoms with Crippen molar-refractivity contribution in [3.05, 3.63) is 0 Å². The van der Waals surface area contributed by atoms with Crippen LogP contribution in [-0.2, 0) is 23.8 Å². The topological polar surface area (TPSA) is 61.8 Å². The van der Waals surface area contributed by atoms with Crippen molar-refractivity contribution in [2.75, 3.05) is 19.5 Å². The van der Waals surface area contributed by atoms with Crippen molar-refractivity contribution in [1.82, 2.24) is 0 Å². The maximum absolute atomic E-state index is 10.9. The molecule has 3 unspecified atom stereocenters. The lowest BCUT2D eigenvalue weighted by molar-refractivity contribution is -0.192. The molecule has 2 aliphatic rings. The number of hydrogen-bond acceptors (Lipinski definition) is 5. The molecule has 6 heteroatoms. The molecule has 18 heavy (non-hydrogen) atoms. The fraction of sp³-hybridized carbons (Fsp3) is 1.00. The molecule has 0 N–H and O–H groups in total. The second-order valence-electron chi connectivity index (χ2n) is 6.30. The van der Waals surface area contributed by atoms with E-state index in [2.05, 4.69) is 20.8 Å². The standard InChI is InChI=1S/C12H22O5S/c1-9-5-11(2,3)8-12(9)15-6-10(17-12)7-16-18(4,13)14/h9-10H,5-8H2,1-4H3. The zero-order valence-electron chi connectivity index (χ0n) is 11.4. The highest BCUT2D eigenvalue weighted by atomic mass is 32.2. The molecule has 0 aromatic heterocycles. The van der Waals surface area contributed by atoms with Crippen LogP contribution >= 0.6 is 0 Å². The van der Waals surface area contributed by atoms with Crippen molar-refractivity contribution < 1.29 is 22.1 Å². The Kier molecular flexibility index (Phi) is 3.51. The molecule has 0 bridgehead atoms. The monoisotopic (exact) mass is 278 g/mol.